The maximum atomic E-state index is 12.6. The summed E-state index contributed by atoms with van der Waals surface area (Å²) in [4.78, 5) is 25.4. The van der Waals surface area contributed by atoms with Gasteiger partial charge in [-0.25, -0.2) is 4.79 Å². The number of carbonyl (C=O) groups is 1. The topological polar surface area (TPSA) is 93.6 Å². The first-order chi connectivity index (χ1) is 13.3. The summed E-state index contributed by atoms with van der Waals surface area (Å²) < 4.78 is 53.1. The Balaban J connectivity index is 1.80. The lowest BCUT2D eigenvalue weighted by Crippen LogP contribution is -2.14. The Bertz CT molecular complexity index is 1040. The van der Waals surface area contributed by atoms with E-state index in [1.807, 2.05) is 0 Å². The van der Waals surface area contributed by atoms with Crippen LogP contribution in [0.25, 0.3) is 0 Å². The molecule has 3 aromatic rings. The van der Waals surface area contributed by atoms with Crippen molar-refractivity contribution in [3.8, 4) is 17.2 Å². The molecule has 1 heterocycles. The molecule has 0 saturated carbocycles. The van der Waals surface area contributed by atoms with Gasteiger partial charge in [0, 0.05) is 6.07 Å². The van der Waals surface area contributed by atoms with Gasteiger partial charge in [-0.3, -0.25) is 9.78 Å². The Morgan fingerprint density at radius 1 is 1.11 bits per heavy atom. The molecule has 2 N–H and O–H groups in total. The monoisotopic (exact) mass is 394 g/mol. The number of oxazole rings is 1. The molecule has 0 saturated heterocycles. The van der Waals surface area contributed by atoms with E-state index in [-0.39, 0.29) is 22.9 Å². The zero-order valence-corrected chi connectivity index (χ0v) is 14.3. The fourth-order valence-corrected chi connectivity index (χ4v) is 2.28. The molecule has 2 aromatic carbocycles. The Labute approximate surface area is 155 Å². The zero-order valence-electron chi connectivity index (χ0n) is 14.3. The first-order valence-electron chi connectivity index (χ1n) is 7.78. The minimum Gasteiger partial charge on any atom is -0.495 e. The average Bonchev–Trinajstić information content (AvgIpc) is 3.08. The van der Waals surface area contributed by atoms with Gasteiger partial charge >= 0.3 is 11.9 Å². The highest BCUT2D eigenvalue weighted by molar-refractivity contribution is 6.03. The summed E-state index contributed by atoms with van der Waals surface area (Å²) in [5, 5.41) is 2.52. The van der Waals surface area contributed by atoms with E-state index in [4.69, 9.17) is 9.47 Å². The molecule has 0 atom stereocenters. The molecule has 0 fully saturated rings. The van der Waals surface area contributed by atoms with Crippen LogP contribution in [-0.2, 0) is 6.18 Å². The maximum Gasteiger partial charge on any atom is 0.416 e. The number of anilines is 1. The summed E-state index contributed by atoms with van der Waals surface area (Å²) in [6.07, 6.45) is -3.48. The van der Waals surface area contributed by atoms with E-state index < -0.39 is 23.4 Å². The van der Waals surface area contributed by atoms with Gasteiger partial charge in [-0.2, -0.15) is 13.2 Å². The Kier molecular flexibility index (Phi) is 5.12. The Hall–Kier alpha value is -3.69. The first kappa shape index (κ1) is 19.1. The van der Waals surface area contributed by atoms with Gasteiger partial charge in [0.15, 0.2) is 0 Å². The first-order valence-corrected chi connectivity index (χ1v) is 7.78. The van der Waals surface area contributed by atoms with E-state index in [0.717, 1.165) is 18.4 Å². The van der Waals surface area contributed by atoms with Crippen LogP contribution in [0.15, 0.2) is 57.9 Å². The van der Waals surface area contributed by atoms with Crippen LogP contribution in [0, 0.1) is 0 Å². The van der Waals surface area contributed by atoms with Gasteiger partial charge in [0.1, 0.15) is 29.2 Å². The van der Waals surface area contributed by atoms with Gasteiger partial charge < -0.3 is 19.2 Å². The molecular formula is C18H13F3N2O5. The Morgan fingerprint density at radius 2 is 1.79 bits per heavy atom. The molecule has 0 unspecified atom stereocenters. The van der Waals surface area contributed by atoms with Crippen LogP contribution in [0.5, 0.6) is 17.2 Å². The molecule has 0 aliphatic heterocycles. The number of alkyl halides is 3. The molecular weight excluding hydrogens is 381 g/mol. The fraction of sp³-hybridized carbons (Fsp3) is 0.111. The van der Waals surface area contributed by atoms with Crippen LogP contribution in [0.3, 0.4) is 0 Å². The molecule has 146 valence electrons. The van der Waals surface area contributed by atoms with E-state index in [9.17, 15) is 22.8 Å². The fourth-order valence-electron chi connectivity index (χ4n) is 2.28. The quantitative estimate of drug-likeness (QED) is 0.681. The van der Waals surface area contributed by atoms with E-state index in [1.54, 1.807) is 0 Å². The van der Waals surface area contributed by atoms with Crippen molar-refractivity contribution in [2.45, 2.75) is 6.18 Å². The Morgan fingerprint density at radius 3 is 2.36 bits per heavy atom. The highest BCUT2D eigenvalue weighted by Gasteiger charge is 2.30. The van der Waals surface area contributed by atoms with Crippen LogP contribution in [0.1, 0.15) is 16.1 Å². The number of hydrogen-bond donors (Lipinski definition) is 2. The largest absolute Gasteiger partial charge is 0.495 e. The van der Waals surface area contributed by atoms with Crippen molar-refractivity contribution >= 4 is 11.6 Å². The smallest absolute Gasteiger partial charge is 0.416 e. The zero-order chi connectivity index (χ0) is 20.3. The summed E-state index contributed by atoms with van der Waals surface area (Å²) >= 11 is 0. The third-order valence-corrected chi connectivity index (χ3v) is 3.60. The van der Waals surface area contributed by atoms with Gasteiger partial charge in [0.25, 0.3) is 5.91 Å². The molecule has 1 amide bonds. The van der Waals surface area contributed by atoms with Crippen molar-refractivity contribution in [2.24, 2.45) is 0 Å². The number of rotatable bonds is 5. The summed E-state index contributed by atoms with van der Waals surface area (Å²) in [7, 11) is 1.39. The van der Waals surface area contributed by atoms with Crippen molar-refractivity contribution in [1.82, 2.24) is 4.98 Å². The number of ether oxygens (including phenoxy) is 2. The molecule has 0 bridgehead atoms. The van der Waals surface area contributed by atoms with Gasteiger partial charge in [-0.05, 0) is 36.4 Å². The van der Waals surface area contributed by atoms with Gasteiger partial charge in [-0.15, -0.1) is 0 Å². The number of H-pyrrole nitrogens is 1. The third kappa shape index (κ3) is 4.34. The molecule has 0 spiro atoms. The number of nitrogens with one attached hydrogen (secondary N) is 2. The van der Waals surface area contributed by atoms with Crippen molar-refractivity contribution < 1.29 is 31.9 Å². The molecule has 28 heavy (non-hydrogen) atoms. The predicted octanol–water partition coefficient (Wildman–Crippen LogP) is 4.04. The minimum atomic E-state index is -4.44. The lowest BCUT2D eigenvalue weighted by Gasteiger charge is -2.13. The number of amides is 1. The summed E-state index contributed by atoms with van der Waals surface area (Å²) in [6, 6.07) is 8.61. The van der Waals surface area contributed by atoms with Crippen LogP contribution in [0.4, 0.5) is 18.9 Å². The van der Waals surface area contributed by atoms with Gasteiger partial charge in [0.05, 0.1) is 18.4 Å². The molecule has 1 aromatic heterocycles. The summed E-state index contributed by atoms with van der Waals surface area (Å²) in [6.45, 7) is 0. The number of aromatic nitrogens is 1. The van der Waals surface area contributed by atoms with Crippen LogP contribution < -0.4 is 20.5 Å². The normalized spacial score (nSPS) is 11.1. The number of benzene rings is 2. The highest BCUT2D eigenvalue weighted by Crippen LogP contribution is 2.34. The van der Waals surface area contributed by atoms with Crippen molar-refractivity contribution in [2.75, 3.05) is 12.4 Å². The van der Waals surface area contributed by atoms with Crippen molar-refractivity contribution in [3.05, 3.63) is 70.5 Å². The van der Waals surface area contributed by atoms with E-state index >= 15 is 0 Å². The molecule has 3 rings (SSSR count). The summed E-state index contributed by atoms with van der Waals surface area (Å²) in [5.74, 6) is -0.711. The molecule has 7 nitrogen and oxygen atoms in total. The lowest BCUT2D eigenvalue weighted by molar-refractivity contribution is -0.137. The minimum absolute atomic E-state index is 0.0962. The van der Waals surface area contributed by atoms with Gasteiger partial charge in [-0.1, -0.05) is 0 Å². The lowest BCUT2D eigenvalue weighted by atomic mass is 10.2. The molecule has 0 radical (unpaired) electrons. The van der Waals surface area contributed by atoms with E-state index in [1.165, 1.54) is 37.4 Å². The number of carbonyl (C=O) groups excluding carboxylic acids is 1. The number of aromatic amines is 1. The maximum absolute atomic E-state index is 12.6. The van der Waals surface area contributed by atoms with Gasteiger partial charge in [0.2, 0.25) is 0 Å². The van der Waals surface area contributed by atoms with E-state index in [0.29, 0.717) is 5.75 Å². The second-order valence-electron chi connectivity index (χ2n) is 5.50. The predicted molar refractivity (Wildman–Crippen MR) is 91.8 cm³/mol. The highest BCUT2D eigenvalue weighted by atomic mass is 19.4. The van der Waals surface area contributed by atoms with Crippen LogP contribution in [-0.4, -0.2) is 18.0 Å². The standard InChI is InChI=1S/C18H13F3N2O5/c1-26-15-7-6-12(28-11-4-2-10(3-5-11)18(19,20)21)8-13(15)22-16(24)14-9-27-17(25)23-14/h2-9H,1H3,(H,22,24)(H,23,25). The summed E-state index contributed by atoms with van der Waals surface area (Å²) in [5.41, 5.74) is -0.670. The second-order valence-corrected chi connectivity index (χ2v) is 5.50. The van der Waals surface area contributed by atoms with E-state index in [2.05, 4.69) is 14.7 Å². The number of halogens is 3. The number of hydrogen-bond acceptors (Lipinski definition) is 5. The van der Waals surface area contributed by atoms with Crippen molar-refractivity contribution in [1.29, 1.82) is 0 Å². The number of methoxy groups -OCH3 is 1. The molecule has 0 aliphatic carbocycles. The van der Waals surface area contributed by atoms with Crippen LogP contribution >= 0.6 is 0 Å². The SMILES string of the molecule is COc1ccc(Oc2ccc(C(F)(F)F)cc2)cc1NC(=O)c1coc(=O)[nH]1. The molecule has 10 heteroatoms. The average molecular weight is 394 g/mol. The molecule has 0 aliphatic rings. The third-order valence-electron chi connectivity index (χ3n) is 3.60. The van der Waals surface area contributed by atoms with Crippen LogP contribution in [0.2, 0.25) is 0 Å². The van der Waals surface area contributed by atoms with Crippen molar-refractivity contribution in [3.63, 3.8) is 0 Å². The second kappa shape index (κ2) is 7.51.